The zero-order valence-electron chi connectivity index (χ0n) is 10.4. The maximum Gasteiger partial charge on any atom is 0.336 e. The van der Waals surface area contributed by atoms with Crippen molar-refractivity contribution in [1.82, 2.24) is 5.01 Å². The summed E-state index contributed by atoms with van der Waals surface area (Å²) < 4.78 is 18.8. The average Bonchev–Trinajstić information content (AvgIpc) is 2.40. The summed E-state index contributed by atoms with van der Waals surface area (Å²) in [4.78, 5) is 11.6. The number of ether oxygens (including phenoxy) is 1. The van der Waals surface area contributed by atoms with Crippen LogP contribution in [0.1, 0.15) is 0 Å². The van der Waals surface area contributed by atoms with E-state index < -0.39 is 11.8 Å². The van der Waals surface area contributed by atoms with Gasteiger partial charge in [-0.1, -0.05) is 17.5 Å². The first kappa shape index (κ1) is 16.0. The molecule has 1 rings (SSSR count). The van der Waals surface area contributed by atoms with Gasteiger partial charge in [0.2, 0.25) is 0 Å². The Kier molecular flexibility index (Phi) is 6.06. The largest absolute Gasteiger partial charge is 0.479 e. The van der Waals surface area contributed by atoms with E-state index in [1.54, 1.807) is 0 Å². The van der Waals surface area contributed by atoms with Crippen molar-refractivity contribution < 1.29 is 19.0 Å². The van der Waals surface area contributed by atoms with E-state index in [0.717, 1.165) is 6.07 Å². The highest BCUT2D eigenvalue weighted by Crippen LogP contribution is 2.30. The van der Waals surface area contributed by atoms with Gasteiger partial charge >= 0.3 is 6.03 Å². The summed E-state index contributed by atoms with van der Waals surface area (Å²) in [6.07, 6.45) is 5.04. The average molecular weight is 302 g/mol. The first-order valence-electron chi connectivity index (χ1n) is 5.49. The summed E-state index contributed by atoms with van der Waals surface area (Å²) in [6.45, 7) is -0.461. The number of carbonyl (C=O) groups excluding carboxylic acids is 1. The number of benzene rings is 1. The minimum Gasteiger partial charge on any atom is -0.479 e. The Morgan fingerprint density at radius 3 is 2.95 bits per heavy atom. The van der Waals surface area contributed by atoms with E-state index in [2.05, 4.69) is 11.2 Å². The van der Waals surface area contributed by atoms with Crippen LogP contribution in [0.15, 0.2) is 12.1 Å². The van der Waals surface area contributed by atoms with E-state index in [9.17, 15) is 9.18 Å². The van der Waals surface area contributed by atoms with Crippen molar-refractivity contribution in [3.05, 3.63) is 23.0 Å². The van der Waals surface area contributed by atoms with Gasteiger partial charge in [-0.15, -0.1) is 6.42 Å². The van der Waals surface area contributed by atoms with E-state index in [1.807, 2.05) is 0 Å². The van der Waals surface area contributed by atoms with Crippen LogP contribution in [0.4, 0.5) is 14.9 Å². The van der Waals surface area contributed by atoms with Gasteiger partial charge < -0.3 is 15.2 Å². The van der Waals surface area contributed by atoms with Crippen LogP contribution in [0.3, 0.4) is 0 Å². The van der Waals surface area contributed by atoms with Gasteiger partial charge in [0.1, 0.15) is 18.2 Å². The van der Waals surface area contributed by atoms with Crippen LogP contribution in [0.25, 0.3) is 0 Å². The summed E-state index contributed by atoms with van der Waals surface area (Å²) in [5.41, 5.74) is -0.167. The SMILES string of the molecule is C#CCOc1cc(NC(=O)N(N)CCO)c(F)cc1Cl. The minimum absolute atomic E-state index is 0.0238. The normalized spacial score (nSPS) is 9.75. The maximum absolute atomic E-state index is 13.7. The standard InChI is InChI=1S/C12H13ClFN3O3/c1-2-5-20-11-7-10(9(14)6-8(11)13)16-12(19)17(15)3-4-18/h1,6-7,18H,3-5,15H2,(H,16,19). The summed E-state index contributed by atoms with van der Waals surface area (Å²) in [5.74, 6) is 6.94. The molecule has 0 saturated carbocycles. The topological polar surface area (TPSA) is 87.8 Å². The molecule has 8 heteroatoms. The summed E-state index contributed by atoms with van der Waals surface area (Å²) >= 11 is 5.77. The van der Waals surface area contributed by atoms with Gasteiger partial charge in [-0.25, -0.2) is 15.0 Å². The smallest absolute Gasteiger partial charge is 0.336 e. The molecule has 1 aromatic carbocycles. The van der Waals surface area contributed by atoms with E-state index >= 15 is 0 Å². The van der Waals surface area contributed by atoms with Crippen LogP contribution in [-0.4, -0.2) is 35.9 Å². The predicted octanol–water partition coefficient (Wildman–Crippen LogP) is 1.19. The second-order valence-electron chi connectivity index (χ2n) is 3.60. The summed E-state index contributed by atoms with van der Waals surface area (Å²) in [5, 5.41) is 11.6. The molecule has 0 bridgehead atoms. The first-order valence-corrected chi connectivity index (χ1v) is 5.86. The van der Waals surface area contributed by atoms with E-state index in [0.29, 0.717) is 5.01 Å². The molecule has 1 aromatic rings. The zero-order valence-corrected chi connectivity index (χ0v) is 11.2. The number of nitrogens with one attached hydrogen (secondary N) is 1. The number of urea groups is 1. The number of halogens is 2. The lowest BCUT2D eigenvalue weighted by Crippen LogP contribution is -2.42. The fraction of sp³-hybridized carbons (Fsp3) is 0.250. The number of rotatable bonds is 5. The van der Waals surface area contributed by atoms with Gasteiger partial charge in [-0.3, -0.25) is 5.01 Å². The molecule has 0 radical (unpaired) electrons. The molecule has 0 aliphatic rings. The summed E-state index contributed by atoms with van der Waals surface area (Å²) in [7, 11) is 0. The quantitative estimate of drug-likeness (QED) is 0.330. The second kappa shape index (κ2) is 7.55. The molecule has 20 heavy (non-hydrogen) atoms. The summed E-state index contributed by atoms with van der Waals surface area (Å²) in [6, 6.07) is 1.39. The molecule has 0 heterocycles. The number of terminal acetylenes is 1. The Labute approximate surface area is 120 Å². The van der Waals surface area contributed by atoms with Crippen LogP contribution in [-0.2, 0) is 0 Å². The number of hydrogen-bond acceptors (Lipinski definition) is 4. The van der Waals surface area contributed by atoms with Gasteiger partial charge in [0.15, 0.2) is 0 Å². The minimum atomic E-state index is -0.789. The van der Waals surface area contributed by atoms with E-state index in [1.165, 1.54) is 6.07 Å². The Hall–Kier alpha value is -2.01. The second-order valence-corrected chi connectivity index (χ2v) is 4.01. The van der Waals surface area contributed by atoms with Crippen molar-refractivity contribution >= 4 is 23.3 Å². The Balaban J connectivity index is 2.89. The number of carbonyl (C=O) groups is 1. The predicted molar refractivity (Wildman–Crippen MR) is 72.7 cm³/mol. The van der Waals surface area contributed by atoms with Crippen LogP contribution in [0.2, 0.25) is 5.02 Å². The van der Waals surface area contributed by atoms with Crippen LogP contribution >= 0.6 is 11.6 Å². The Morgan fingerprint density at radius 1 is 1.65 bits per heavy atom. The molecule has 0 spiro atoms. The molecule has 6 nitrogen and oxygen atoms in total. The van der Waals surface area contributed by atoms with Crippen LogP contribution < -0.4 is 15.9 Å². The van der Waals surface area contributed by atoms with Crippen molar-refractivity contribution in [2.45, 2.75) is 0 Å². The molecule has 108 valence electrons. The fourth-order valence-electron chi connectivity index (χ4n) is 1.25. The molecular formula is C12H13ClFN3O3. The first-order chi connectivity index (χ1) is 9.49. The third-order valence-corrected chi connectivity index (χ3v) is 2.47. The van der Waals surface area contributed by atoms with Crippen molar-refractivity contribution in [3.63, 3.8) is 0 Å². The molecule has 0 fully saturated rings. The Morgan fingerprint density at radius 2 is 2.35 bits per heavy atom. The number of hydrogen-bond donors (Lipinski definition) is 3. The molecule has 0 aliphatic carbocycles. The number of anilines is 1. The molecule has 0 atom stereocenters. The molecule has 0 aromatic heterocycles. The maximum atomic E-state index is 13.7. The monoisotopic (exact) mass is 301 g/mol. The highest BCUT2D eigenvalue weighted by atomic mass is 35.5. The third-order valence-electron chi connectivity index (χ3n) is 2.18. The van der Waals surface area contributed by atoms with Gasteiger partial charge in [-0.2, -0.15) is 0 Å². The molecule has 0 unspecified atom stereocenters. The van der Waals surface area contributed by atoms with Crippen molar-refractivity contribution in [3.8, 4) is 18.1 Å². The number of nitrogens with two attached hydrogens (primary N) is 1. The Bertz CT molecular complexity index is 533. The van der Waals surface area contributed by atoms with E-state index in [-0.39, 0.29) is 36.2 Å². The molecule has 4 N–H and O–H groups in total. The van der Waals surface area contributed by atoms with Crippen LogP contribution in [0, 0.1) is 18.2 Å². The molecule has 0 saturated heterocycles. The molecular weight excluding hydrogens is 289 g/mol. The third kappa shape index (κ3) is 4.28. The van der Waals surface area contributed by atoms with Gasteiger partial charge in [0.05, 0.1) is 23.9 Å². The van der Waals surface area contributed by atoms with Gasteiger partial charge in [-0.05, 0) is 6.07 Å². The van der Waals surface area contributed by atoms with Crippen molar-refractivity contribution in [1.29, 1.82) is 0 Å². The number of nitrogens with zero attached hydrogens (tertiary/aromatic N) is 1. The number of amides is 2. The van der Waals surface area contributed by atoms with Gasteiger partial charge in [0.25, 0.3) is 0 Å². The lowest BCUT2D eigenvalue weighted by molar-refractivity contribution is 0.190. The lowest BCUT2D eigenvalue weighted by Gasteiger charge is -2.17. The van der Waals surface area contributed by atoms with Crippen molar-refractivity contribution in [2.24, 2.45) is 5.84 Å². The molecule has 2 amide bonds. The van der Waals surface area contributed by atoms with Crippen LogP contribution in [0.5, 0.6) is 5.75 Å². The number of hydrazine groups is 1. The zero-order chi connectivity index (χ0) is 15.1. The number of aliphatic hydroxyl groups excluding tert-OH is 1. The number of aliphatic hydroxyl groups is 1. The highest BCUT2D eigenvalue weighted by molar-refractivity contribution is 6.32. The lowest BCUT2D eigenvalue weighted by atomic mass is 10.3. The highest BCUT2D eigenvalue weighted by Gasteiger charge is 2.14. The van der Waals surface area contributed by atoms with E-state index in [4.69, 9.17) is 33.7 Å². The fourth-order valence-corrected chi connectivity index (χ4v) is 1.46. The van der Waals surface area contributed by atoms with Crippen molar-refractivity contribution in [2.75, 3.05) is 25.1 Å². The molecule has 0 aliphatic heterocycles. The van der Waals surface area contributed by atoms with Gasteiger partial charge in [0, 0.05) is 6.07 Å².